The Hall–Kier alpha value is -4.34. The number of carbonyl (C=O) groups is 5. The summed E-state index contributed by atoms with van der Waals surface area (Å²) < 4.78 is 36.0. The quantitative estimate of drug-likeness (QED) is 0.0579. The maximum Gasteiger partial charge on any atom is 0.264 e. The van der Waals surface area contributed by atoms with E-state index in [1.807, 2.05) is 13.8 Å². The average Bonchev–Trinajstić information content (AvgIpc) is 3.24. The predicted octanol–water partition coefficient (Wildman–Crippen LogP) is 1.20. The summed E-state index contributed by atoms with van der Waals surface area (Å²) in [4.78, 5) is 66.5. The Bertz CT molecular complexity index is 1480. The molecular weight excluding hydrogens is 608 g/mol. The van der Waals surface area contributed by atoms with Crippen LogP contribution in [0.5, 0.6) is 5.75 Å². The first kappa shape index (κ1) is 35.1. The van der Waals surface area contributed by atoms with Crippen molar-refractivity contribution in [1.29, 1.82) is 0 Å². The Balaban J connectivity index is 1.78. The third-order valence-electron chi connectivity index (χ3n) is 7.31. The molecule has 14 nitrogen and oxygen atoms in total. The van der Waals surface area contributed by atoms with E-state index in [4.69, 9.17) is 9.29 Å². The number of hydrogen-bond donors (Lipinski definition) is 5. The maximum atomic E-state index is 13.8. The van der Waals surface area contributed by atoms with Crippen molar-refractivity contribution in [3.8, 4) is 5.75 Å². The van der Waals surface area contributed by atoms with Gasteiger partial charge in [0.15, 0.2) is 0 Å². The molecule has 0 spiro atoms. The minimum atomic E-state index is -4.09. The monoisotopic (exact) mass is 646 g/mol. The molecule has 2 aromatic rings. The van der Waals surface area contributed by atoms with Gasteiger partial charge in [-0.05, 0) is 48.6 Å². The van der Waals surface area contributed by atoms with E-state index in [-0.39, 0.29) is 42.9 Å². The average molecular weight is 647 g/mol. The van der Waals surface area contributed by atoms with Gasteiger partial charge in [0.25, 0.3) is 21.9 Å². The zero-order valence-corrected chi connectivity index (χ0v) is 26.0. The van der Waals surface area contributed by atoms with Crippen LogP contribution in [-0.4, -0.2) is 84.6 Å². The molecule has 1 aliphatic rings. The number of hydroxylamine groups is 1. The standard InChI is InChI=1S/C30H38N4O10S/c1-18(2)15-23(24(27(36)33-40)17-34-29(38)21-7-4-5-8-22(21)30(34)39)26(35)32-25(28(37)31-3)16-19-9-11-20(12-10-19)44-13-6-14-45(41,42)43/h4-5,7-12,18,23-25,40H,6,13-17H2,1-3H3,(H,31,37)(H,32,35)(H,33,36)(H,41,42,43)/t23-,24-,25-/m0/s1. The molecule has 0 fully saturated rings. The minimum absolute atomic E-state index is 0.0522. The van der Waals surface area contributed by atoms with Crippen molar-refractivity contribution >= 4 is 39.7 Å². The highest BCUT2D eigenvalue weighted by Gasteiger charge is 2.42. The Kier molecular flexibility index (Phi) is 12.2. The number of fused-ring (bicyclic) bond motifs is 1. The number of nitrogens with one attached hydrogen (secondary N) is 3. The molecule has 0 saturated heterocycles. The number of ether oxygens (including phenoxy) is 1. The van der Waals surface area contributed by atoms with Crippen LogP contribution in [0.3, 0.4) is 0 Å². The van der Waals surface area contributed by atoms with E-state index in [2.05, 4.69) is 10.6 Å². The van der Waals surface area contributed by atoms with Crippen LogP contribution in [-0.2, 0) is 30.9 Å². The third-order valence-corrected chi connectivity index (χ3v) is 8.11. The van der Waals surface area contributed by atoms with Crippen molar-refractivity contribution in [2.24, 2.45) is 17.8 Å². The van der Waals surface area contributed by atoms with Crippen LogP contribution in [0.25, 0.3) is 0 Å². The van der Waals surface area contributed by atoms with Gasteiger partial charge in [-0.25, -0.2) is 5.48 Å². The van der Waals surface area contributed by atoms with Crippen molar-refractivity contribution in [1.82, 2.24) is 21.0 Å². The van der Waals surface area contributed by atoms with Gasteiger partial charge >= 0.3 is 0 Å². The van der Waals surface area contributed by atoms with Crippen LogP contribution in [0.1, 0.15) is 53.0 Å². The van der Waals surface area contributed by atoms with Gasteiger partial charge in [0.1, 0.15) is 11.8 Å². The molecule has 1 heterocycles. The lowest BCUT2D eigenvalue weighted by atomic mass is 9.83. The Morgan fingerprint density at radius 1 is 0.911 bits per heavy atom. The largest absolute Gasteiger partial charge is 0.494 e. The molecular formula is C30H38N4O10S. The van der Waals surface area contributed by atoms with Crippen LogP contribution in [0.15, 0.2) is 48.5 Å². The molecule has 244 valence electrons. The van der Waals surface area contributed by atoms with Gasteiger partial charge in [-0.15, -0.1) is 0 Å². The van der Waals surface area contributed by atoms with Crippen LogP contribution < -0.4 is 20.9 Å². The van der Waals surface area contributed by atoms with E-state index in [9.17, 15) is 37.6 Å². The number of nitrogens with zero attached hydrogens (tertiary/aromatic N) is 1. The molecule has 1 aliphatic heterocycles. The van der Waals surface area contributed by atoms with E-state index in [1.165, 1.54) is 19.2 Å². The number of rotatable bonds is 16. The first-order valence-corrected chi connectivity index (χ1v) is 15.9. The molecule has 45 heavy (non-hydrogen) atoms. The van der Waals surface area contributed by atoms with E-state index in [0.717, 1.165) is 4.90 Å². The number of carbonyl (C=O) groups excluding carboxylic acids is 5. The number of imide groups is 1. The zero-order chi connectivity index (χ0) is 33.3. The summed E-state index contributed by atoms with van der Waals surface area (Å²) in [6.45, 7) is 3.22. The number of hydrogen-bond acceptors (Lipinski definition) is 9. The Morgan fingerprint density at radius 3 is 2.02 bits per heavy atom. The van der Waals surface area contributed by atoms with Crippen molar-refractivity contribution in [3.63, 3.8) is 0 Å². The molecule has 0 aromatic heterocycles. The van der Waals surface area contributed by atoms with E-state index >= 15 is 0 Å². The SMILES string of the molecule is CNC(=O)[C@H](Cc1ccc(OCCCS(=O)(=O)O)cc1)NC(=O)[C@@H](CC(C)C)[C@H](CN1C(=O)c2ccccc2C1=O)C(=O)NO. The third kappa shape index (κ3) is 9.57. The molecule has 3 atom stereocenters. The lowest BCUT2D eigenvalue weighted by Gasteiger charge is -2.30. The number of benzene rings is 2. The molecule has 0 unspecified atom stereocenters. The lowest BCUT2D eigenvalue weighted by Crippen LogP contribution is -2.53. The van der Waals surface area contributed by atoms with Gasteiger partial charge in [0.05, 0.1) is 35.3 Å². The lowest BCUT2D eigenvalue weighted by molar-refractivity contribution is -0.142. The van der Waals surface area contributed by atoms with Crippen molar-refractivity contribution in [3.05, 3.63) is 65.2 Å². The molecule has 2 aromatic carbocycles. The second-order valence-electron chi connectivity index (χ2n) is 11.1. The summed E-state index contributed by atoms with van der Waals surface area (Å²) in [5.41, 5.74) is 2.54. The van der Waals surface area contributed by atoms with Crippen LogP contribution >= 0.6 is 0 Å². The van der Waals surface area contributed by atoms with Gasteiger partial charge < -0.3 is 15.4 Å². The van der Waals surface area contributed by atoms with Crippen molar-refractivity contribution < 1.29 is 46.9 Å². The smallest absolute Gasteiger partial charge is 0.264 e. The highest BCUT2D eigenvalue weighted by Crippen LogP contribution is 2.28. The van der Waals surface area contributed by atoms with Gasteiger partial charge in [0, 0.05) is 20.0 Å². The van der Waals surface area contributed by atoms with Crippen LogP contribution in [0.2, 0.25) is 0 Å². The summed E-state index contributed by atoms with van der Waals surface area (Å²) in [5.74, 6) is -5.99. The van der Waals surface area contributed by atoms with E-state index < -0.39 is 69.8 Å². The number of likely N-dealkylation sites (N-methyl/N-ethyl adjacent to an activating group) is 1. The molecule has 15 heteroatoms. The fourth-order valence-corrected chi connectivity index (χ4v) is 5.57. The van der Waals surface area contributed by atoms with Crippen molar-refractivity contribution in [2.75, 3.05) is 26.0 Å². The number of amides is 5. The summed E-state index contributed by atoms with van der Waals surface area (Å²) in [6, 6.07) is 11.7. The van der Waals surface area contributed by atoms with Crippen LogP contribution in [0.4, 0.5) is 0 Å². The first-order valence-electron chi connectivity index (χ1n) is 14.3. The van der Waals surface area contributed by atoms with Crippen LogP contribution in [0, 0.1) is 17.8 Å². The van der Waals surface area contributed by atoms with Gasteiger partial charge in [-0.1, -0.05) is 38.1 Å². The minimum Gasteiger partial charge on any atom is -0.494 e. The van der Waals surface area contributed by atoms with E-state index in [1.54, 1.807) is 41.9 Å². The molecule has 0 bridgehead atoms. The normalized spacial score (nSPS) is 14.8. The second-order valence-corrected chi connectivity index (χ2v) is 12.7. The summed E-state index contributed by atoms with van der Waals surface area (Å²) in [5, 5.41) is 14.8. The Labute approximate surface area is 261 Å². The van der Waals surface area contributed by atoms with E-state index in [0.29, 0.717) is 11.3 Å². The fraction of sp³-hybridized carbons (Fsp3) is 0.433. The highest BCUT2D eigenvalue weighted by atomic mass is 32.2. The van der Waals surface area contributed by atoms with Gasteiger partial charge in [-0.3, -0.25) is 38.6 Å². The Morgan fingerprint density at radius 2 is 1.51 bits per heavy atom. The first-order chi connectivity index (χ1) is 21.2. The molecule has 0 aliphatic carbocycles. The molecule has 0 radical (unpaired) electrons. The summed E-state index contributed by atoms with van der Waals surface area (Å²) in [7, 11) is -2.68. The fourth-order valence-electron chi connectivity index (χ4n) is 5.09. The molecule has 3 rings (SSSR count). The summed E-state index contributed by atoms with van der Waals surface area (Å²) in [6.07, 6.45) is 0.278. The highest BCUT2D eigenvalue weighted by molar-refractivity contribution is 7.85. The predicted molar refractivity (Wildman–Crippen MR) is 161 cm³/mol. The molecule has 0 saturated carbocycles. The second kappa shape index (κ2) is 15.6. The zero-order valence-electron chi connectivity index (χ0n) is 25.2. The topological polar surface area (TPSA) is 209 Å². The summed E-state index contributed by atoms with van der Waals surface area (Å²) >= 11 is 0. The molecule has 5 N–H and O–H groups in total. The van der Waals surface area contributed by atoms with Gasteiger partial charge in [-0.2, -0.15) is 8.42 Å². The molecule has 5 amide bonds. The van der Waals surface area contributed by atoms with Gasteiger partial charge in [0.2, 0.25) is 17.7 Å². The maximum absolute atomic E-state index is 13.8. The van der Waals surface area contributed by atoms with Crippen molar-refractivity contribution in [2.45, 2.75) is 39.2 Å².